The molecular formula is C32H34BrN9O5. The molecule has 4 aromatic rings. The number of ether oxygens (including phenoxy) is 1. The smallest absolute Gasteiger partial charge is 0.330 e. The lowest BCUT2D eigenvalue weighted by molar-refractivity contribution is -0.138. The lowest BCUT2D eigenvalue weighted by atomic mass is 10.0. The lowest BCUT2D eigenvalue weighted by Crippen LogP contribution is -2.47. The van der Waals surface area contributed by atoms with Crippen LogP contribution in [0.4, 0.5) is 5.82 Å². The van der Waals surface area contributed by atoms with Gasteiger partial charge in [0.25, 0.3) is 0 Å². The Morgan fingerprint density at radius 2 is 1.85 bits per heavy atom. The van der Waals surface area contributed by atoms with Crippen molar-refractivity contribution in [3.8, 4) is 17.3 Å². The number of fused-ring (bicyclic) bond motifs is 2. The van der Waals surface area contributed by atoms with E-state index in [9.17, 15) is 19.2 Å². The number of Topliss-reactive ketones (excluding diaryl/α,β-unsaturated/α-hetero) is 1. The Hall–Kier alpha value is -4.63. The molecule has 0 radical (unpaired) electrons. The zero-order valence-corrected chi connectivity index (χ0v) is 28.1. The molecule has 0 bridgehead atoms. The maximum Gasteiger partial charge on any atom is 0.330 e. The summed E-state index contributed by atoms with van der Waals surface area (Å²) in [6.07, 6.45) is 5.77. The molecule has 2 aliphatic rings. The van der Waals surface area contributed by atoms with E-state index in [0.717, 1.165) is 12.0 Å². The number of hydrogen-bond donors (Lipinski definition) is 2. The van der Waals surface area contributed by atoms with Gasteiger partial charge in [0.05, 0.1) is 17.4 Å². The second-order valence-electron chi connectivity index (χ2n) is 12.8. The number of carbonyl (C=O) groups is 4. The largest absolute Gasteiger partial charge is 0.390 e. The third kappa shape index (κ3) is 6.24. The number of nitrogens with zero attached hydrogens (tertiary/aromatic N) is 7. The highest BCUT2D eigenvalue weighted by Crippen LogP contribution is 2.59. The van der Waals surface area contributed by atoms with Gasteiger partial charge in [0.2, 0.25) is 11.8 Å². The number of nitrogens with two attached hydrogens (primary N) is 1. The number of carbonyl (C=O) groups excluding carboxylic acids is 4. The highest BCUT2D eigenvalue weighted by molar-refractivity contribution is 9.10. The van der Waals surface area contributed by atoms with Crippen molar-refractivity contribution in [2.24, 2.45) is 17.1 Å². The Kier molecular flexibility index (Phi) is 8.38. The molecule has 4 aromatic heterocycles. The van der Waals surface area contributed by atoms with Crippen LogP contribution < -0.4 is 15.8 Å². The first-order valence-electron chi connectivity index (χ1n) is 15.2. The number of pyridine rings is 2. The van der Waals surface area contributed by atoms with Crippen LogP contribution in [0.1, 0.15) is 56.6 Å². The van der Waals surface area contributed by atoms with Crippen molar-refractivity contribution >= 4 is 56.2 Å². The number of aromatic nitrogens is 6. The number of rotatable bonds is 9. The summed E-state index contributed by atoms with van der Waals surface area (Å²) in [5, 5.41) is 7.89. The molecule has 14 nitrogen and oxygen atoms in total. The molecule has 1 aliphatic carbocycles. The van der Waals surface area contributed by atoms with Crippen molar-refractivity contribution in [2.75, 3.05) is 5.32 Å². The molecular weight excluding hydrogens is 670 g/mol. The number of hydrogen-bond acceptors (Lipinski definition) is 11. The summed E-state index contributed by atoms with van der Waals surface area (Å²) in [6, 6.07) is 3.63. The fourth-order valence-corrected chi connectivity index (χ4v) is 6.25. The molecule has 1 saturated heterocycles. The summed E-state index contributed by atoms with van der Waals surface area (Å²) in [7, 11) is 0. The van der Waals surface area contributed by atoms with Gasteiger partial charge in [0, 0.05) is 36.3 Å². The average molecular weight is 705 g/mol. The van der Waals surface area contributed by atoms with Gasteiger partial charge in [0.1, 0.15) is 34.7 Å². The maximum absolute atomic E-state index is 13.9. The van der Waals surface area contributed by atoms with Crippen molar-refractivity contribution in [3.63, 3.8) is 0 Å². The highest BCUT2D eigenvalue weighted by atomic mass is 79.9. The van der Waals surface area contributed by atoms with Crippen LogP contribution in [0.2, 0.25) is 0 Å². The van der Waals surface area contributed by atoms with E-state index in [2.05, 4.69) is 53.2 Å². The summed E-state index contributed by atoms with van der Waals surface area (Å²) in [4.78, 5) is 70.9. The van der Waals surface area contributed by atoms with Gasteiger partial charge >= 0.3 is 12.0 Å². The van der Waals surface area contributed by atoms with E-state index in [1.54, 1.807) is 30.9 Å². The van der Waals surface area contributed by atoms with Crippen LogP contribution in [-0.2, 0) is 20.9 Å². The van der Waals surface area contributed by atoms with Crippen molar-refractivity contribution in [1.82, 2.24) is 34.6 Å². The monoisotopic (exact) mass is 703 g/mol. The van der Waals surface area contributed by atoms with Crippen molar-refractivity contribution < 1.29 is 23.9 Å². The van der Waals surface area contributed by atoms with E-state index >= 15 is 0 Å². The third-order valence-corrected chi connectivity index (χ3v) is 9.33. The first-order chi connectivity index (χ1) is 22.3. The predicted octanol–water partition coefficient (Wildman–Crippen LogP) is 3.46. The van der Waals surface area contributed by atoms with Gasteiger partial charge in [-0.2, -0.15) is 5.10 Å². The fourth-order valence-electron chi connectivity index (χ4n) is 5.94. The van der Waals surface area contributed by atoms with E-state index < -0.39 is 18.1 Å². The first kappa shape index (κ1) is 32.3. The molecule has 4 atom stereocenters. The number of ketones is 1. The number of aryl methyl sites for hydroxylation is 1. The molecule has 3 N–H and O–H groups in total. The van der Waals surface area contributed by atoms with E-state index in [1.807, 2.05) is 13.0 Å². The molecule has 0 aromatic carbocycles. The van der Waals surface area contributed by atoms with Gasteiger partial charge < -0.3 is 20.7 Å². The van der Waals surface area contributed by atoms with Crippen LogP contribution in [0.15, 0.2) is 41.4 Å². The Morgan fingerprint density at radius 3 is 2.53 bits per heavy atom. The minimum absolute atomic E-state index is 0.0653. The highest BCUT2D eigenvalue weighted by Gasteiger charge is 2.64. The second-order valence-corrected chi connectivity index (χ2v) is 13.6. The third-order valence-electron chi connectivity index (χ3n) is 8.89. The number of piperidine rings is 1. The molecule has 2 amide bonds. The Labute approximate surface area is 278 Å². The molecule has 15 heteroatoms. The van der Waals surface area contributed by atoms with Crippen LogP contribution in [-0.4, -0.2) is 76.3 Å². The SMILES string of the molecule is CC(=O)c1nn(CC(=O)N2[C@H](C(=O)Nc3nc(Br)ccc3C)C[C@@]3(C)C[C@@H]23)c2cnc(-c3cnc(OC(=O)[C@@H](N)C(C)C)nc3)cc12. The molecule has 6 rings (SSSR count). The molecule has 0 unspecified atom stereocenters. The molecule has 1 aliphatic heterocycles. The van der Waals surface area contributed by atoms with E-state index in [0.29, 0.717) is 39.0 Å². The van der Waals surface area contributed by atoms with Gasteiger partial charge in [-0.25, -0.2) is 19.7 Å². The zero-order chi connectivity index (χ0) is 33.8. The number of anilines is 1. The Bertz CT molecular complexity index is 1930. The average Bonchev–Trinajstić information content (AvgIpc) is 3.39. The molecule has 0 spiro atoms. The molecule has 244 valence electrons. The minimum atomic E-state index is -0.809. The molecule has 2 fully saturated rings. The first-order valence-corrected chi connectivity index (χ1v) is 16.0. The van der Waals surface area contributed by atoms with Crippen LogP contribution in [0.5, 0.6) is 6.01 Å². The Morgan fingerprint density at radius 1 is 1.13 bits per heavy atom. The fraction of sp³-hybridized carbons (Fsp3) is 0.406. The molecule has 47 heavy (non-hydrogen) atoms. The summed E-state index contributed by atoms with van der Waals surface area (Å²) in [5.41, 5.74) is 8.12. The normalized spacial score (nSPS) is 20.6. The quantitative estimate of drug-likeness (QED) is 0.148. The van der Waals surface area contributed by atoms with E-state index in [4.69, 9.17) is 10.5 Å². The second kappa shape index (κ2) is 12.2. The number of amides is 2. The van der Waals surface area contributed by atoms with Crippen LogP contribution in [0, 0.1) is 18.3 Å². The molecule has 5 heterocycles. The Balaban J connectivity index is 1.23. The zero-order valence-electron chi connectivity index (χ0n) is 26.5. The topological polar surface area (TPSA) is 188 Å². The lowest BCUT2D eigenvalue weighted by Gasteiger charge is -2.27. The van der Waals surface area contributed by atoms with Crippen LogP contribution in [0.25, 0.3) is 22.2 Å². The standard InChI is InChI=1S/C32H34BrN9O5/c1-15(2)26(34)30(46)47-31-36-11-18(12-37-31)20-8-19-22(13-35-20)41(40-27(19)17(4)43)14-25(44)42-21(9-32(5)10-23(32)42)29(45)39-28-16(3)6-7-24(33)38-28/h6-8,11-13,15,21,23,26H,9-10,14,34H2,1-5H3,(H,38,39,45)/t21-,23+,26-,32-/m0/s1. The minimum Gasteiger partial charge on any atom is -0.390 e. The van der Waals surface area contributed by atoms with Gasteiger partial charge in [-0.05, 0) is 64.7 Å². The summed E-state index contributed by atoms with van der Waals surface area (Å²) < 4.78 is 7.22. The van der Waals surface area contributed by atoms with E-state index in [-0.39, 0.29) is 53.2 Å². The van der Waals surface area contributed by atoms with Gasteiger partial charge in [-0.15, -0.1) is 0 Å². The predicted molar refractivity (Wildman–Crippen MR) is 174 cm³/mol. The van der Waals surface area contributed by atoms with Crippen molar-refractivity contribution in [1.29, 1.82) is 0 Å². The van der Waals surface area contributed by atoms with E-state index in [1.165, 1.54) is 30.2 Å². The molecule has 1 saturated carbocycles. The van der Waals surface area contributed by atoms with Crippen LogP contribution >= 0.6 is 15.9 Å². The van der Waals surface area contributed by atoms with Gasteiger partial charge in [0.15, 0.2) is 5.78 Å². The number of likely N-dealkylation sites (tertiary alicyclic amines) is 1. The summed E-state index contributed by atoms with van der Waals surface area (Å²) in [5.74, 6) is -1.18. The van der Waals surface area contributed by atoms with Crippen molar-refractivity contribution in [2.45, 2.75) is 72.1 Å². The van der Waals surface area contributed by atoms with Crippen LogP contribution in [0.3, 0.4) is 0 Å². The summed E-state index contributed by atoms with van der Waals surface area (Å²) in [6.45, 7) is 8.76. The number of halogens is 1. The number of esters is 1. The number of nitrogens with one attached hydrogen (secondary N) is 1. The summed E-state index contributed by atoms with van der Waals surface area (Å²) >= 11 is 3.34. The van der Waals surface area contributed by atoms with Gasteiger partial charge in [-0.1, -0.05) is 26.8 Å². The van der Waals surface area contributed by atoms with Gasteiger partial charge in [-0.3, -0.25) is 24.0 Å². The van der Waals surface area contributed by atoms with Crippen molar-refractivity contribution in [3.05, 3.63) is 52.7 Å². The maximum atomic E-state index is 13.9.